The lowest BCUT2D eigenvalue weighted by molar-refractivity contribution is -0.232. The second-order valence-electron chi connectivity index (χ2n) is 17.1. The van der Waals surface area contributed by atoms with E-state index in [1.807, 2.05) is 0 Å². The van der Waals surface area contributed by atoms with Crippen LogP contribution in [0.3, 0.4) is 0 Å². The standard InChI is InChI=1S/C34H58N2O6/c1-31(2)15-26(16-32(3,4)35-31)41-28(37)24-12-11-21-13-23(10-9-22(21)14-24)25-19-39-30(40-20-25)29(38)42-27-17-33(5,6)36-34(7,8)18-27/h21-27,30,35-36H,9-20H2,1-8H3. The maximum Gasteiger partial charge on any atom is 0.363 e. The maximum absolute atomic E-state index is 13.2. The first kappa shape index (κ1) is 32.2. The summed E-state index contributed by atoms with van der Waals surface area (Å²) in [5.74, 6) is 1.76. The first-order valence-electron chi connectivity index (χ1n) is 16.7. The number of fused-ring (bicyclic) bond motifs is 1. The first-order chi connectivity index (χ1) is 19.5. The molecule has 2 aliphatic carbocycles. The van der Waals surface area contributed by atoms with E-state index >= 15 is 0 Å². The molecule has 2 saturated carbocycles. The smallest absolute Gasteiger partial charge is 0.363 e. The Hall–Kier alpha value is -1.22. The van der Waals surface area contributed by atoms with Gasteiger partial charge >= 0.3 is 11.9 Å². The molecule has 0 spiro atoms. The summed E-state index contributed by atoms with van der Waals surface area (Å²) in [6.07, 6.45) is 8.62. The van der Waals surface area contributed by atoms with Gasteiger partial charge in [-0.05, 0) is 112 Å². The van der Waals surface area contributed by atoms with Crippen molar-refractivity contribution >= 4 is 11.9 Å². The molecule has 240 valence electrons. The molecule has 0 aromatic heterocycles. The molecule has 8 nitrogen and oxygen atoms in total. The van der Waals surface area contributed by atoms with Crippen LogP contribution in [0.1, 0.15) is 120 Å². The Morgan fingerprint density at radius 3 is 1.48 bits per heavy atom. The summed E-state index contributed by atoms with van der Waals surface area (Å²) in [4.78, 5) is 26.1. The summed E-state index contributed by atoms with van der Waals surface area (Å²) in [7, 11) is 0. The van der Waals surface area contributed by atoms with Crippen molar-refractivity contribution in [3.05, 3.63) is 0 Å². The fraction of sp³-hybridized carbons (Fsp3) is 0.941. The molecular weight excluding hydrogens is 532 g/mol. The minimum atomic E-state index is -0.920. The minimum Gasteiger partial charge on any atom is -0.462 e. The molecule has 0 aromatic carbocycles. The van der Waals surface area contributed by atoms with Gasteiger partial charge in [-0.15, -0.1) is 0 Å². The Balaban J connectivity index is 1.05. The van der Waals surface area contributed by atoms with E-state index in [2.05, 4.69) is 66.0 Å². The fourth-order valence-corrected chi connectivity index (χ4v) is 9.60. The summed E-state index contributed by atoms with van der Waals surface area (Å²) >= 11 is 0. The Labute approximate surface area is 254 Å². The highest BCUT2D eigenvalue weighted by atomic mass is 16.7. The van der Waals surface area contributed by atoms with Gasteiger partial charge in [0.15, 0.2) is 0 Å². The molecule has 2 N–H and O–H groups in total. The summed E-state index contributed by atoms with van der Waals surface area (Å²) in [6.45, 7) is 18.5. The van der Waals surface area contributed by atoms with E-state index in [-0.39, 0.29) is 46.3 Å². The van der Waals surface area contributed by atoms with Crippen LogP contribution < -0.4 is 10.6 Å². The van der Waals surface area contributed by atoms with Gasteiger partial charge in [-0.3, -0.25) is 4.79 Å². The SMILES string of the molecule is CC1(C)CC(OC(=O)C2CCC3CC(C4COC(C(=O)OC5CC(C)(C)NC(C)(C)C5)OC4)CCC3C2)CC(C)(C)N1. The van der Waals surface area contributed by atoms with Gasteiger partial charge in [0, 0.05) is 53.8 Å². The molecule has 0 aromatic rings. The molecular formula is C34H58N2O6. The minimum absolute atomic E-state index is 0.0111. The zero-order valence-corrected chi connectivity index (χ0v) is 27.6. The van der Waals surface area contributed by atoms with Crippen LogP contribution >= 0.6 is 0 Å². The summed E-state index contributed by atoms with van der Waals surface area (Å²) in [6, 6.07) is 0. The molecule has 3 saturated heterocycles. The Morgan fingerprint density at radius 1 is 0.571 bits per heavy atom. The largest absolute Gasteiger partial charge is 0.462 e. The third kappa shape index (κ3) is 8.08. The molecule has 3 aliphatic heterocycles. The summed E-state index contributed by atoms with van der Waals surface area (Å²) in [5, 5.41) is 7.31. The normalized spacial score (nSPS) is 38.2. The lowest BCUT2D eigenvalue weighted by atomic mass is 9.63. The van der Waals surface area contributed by atoms with E-state index in [4.69, 9.17) is 18.9 Å². The quantitative estimate of drug-likeness (QED) is 0.405. The predicted octanol–water partition coefficient (Wildman–Crippen LogP) is 5.51. The molecule has 4 unspecified atom stereocenters. The molecule has 8 heteroatoms. The Morgan fingerprint density at radius 2 is 0.976 bits per heavy atom. The monoisotopic (exact) mass is 590 g/mol. The second kappa shape index (κ2) is 11.9. The predicted molar refractivity (Wildman–Crippen MR) is 162 cm³/mol. The highest BCUT2D eigenvalue weighted by molar-refractivity contribution is 5.73. The summed E-state index contributed by atoms with van der Waals surface area (Å²) in [5.41, 5.74) is -0.244. The topological polar surface area (TPSA) is 95.1 Å². The average Bonchev–Trinajstić information content (AvgIpc) is 2.84. The number of nitrogens with one attached hydrogen (secondary N) is 2. The van der Waals surface area contributed by atoms with Gasteiger partial charge in [0.1, 0.15) is 12.2 Å². The van der Waals surface area contributed by atoms with Gasteiger partial charge in [0.05, 0.1) is 19.1 Å². The molecule has 5 aliphatic rings. The van der Waals surface area contributed by atoms with Crippen LogP contribution in [-0.2, 0) is 28.5 Å². The van der Waals surface area contributed by atoms with Gasteiger partial charge in [0.25, 0.3) is 6.29 Å². The van der Waals surface area contributed by atoms with Crippen molar-refractivity contribution < 1.29 is 28.5 Å². The number of rotatable bonds is 5. The highest BCUT2D eigenvalue weighted by Gasteiger charge is 2.45. The van der Waals surface area contributed by atoms with Crippen LogP contribution in [0.5, 0.6) is 0 Å². The Bertz CT molecular complexity index is 950. The second-order valence-corrected chi connectivity index (χ2v) is 17.1. The third-order valence-corrected chi connectivity index (χ3v) is 10.6. The zero-order chi connectivity index (χ0) is 30.5. The van der Waals surface area contributed by atoms with Crippen molar-refractivity contribution in [2.24, 2.45) is 29.6 Å². The van der Waals surface area contributed by atoms with Crippen LogP contribution in [-0.4, -0.2) is 65.8 Å². The van der Waals surface area contributed by atoms with Crippen molar-refractivity contribution in [2.45, 2.75) is 160 Å². The average molecular weight is 591 g/mol. The number of hydrogen-bond donors (Lipinski definition) is 2. The molecule has 0 bridgehead atoms. The van der Waals surface area contributed by atoms with E-state index in [0.717, 1.165) is 64.2 Å². The maximum atomic E-state index is 13.2. The van der Waals surface area contributed by atoms with Crippen molar-refractivity contribution in [3.8, 4) is 0 Å². The van der Waals surface area contributed by atoms with Crippen molar-refractivity contribution in [1.82, 2.24) is 10.6 Å². The molecule has 0 radical (unpaired) electrons. The van der Waals surface area contributed by atoms with Crippen LogP contribution in [0.4, 0.5) is 0 Å². The number of carbonyl (C=O) groups is 2. The molecule has 0 amide bonds. The van der Waals surface area contributed by atoms with E-state index in [1.165, 1.54) is 0 Å². The van der Waals surface area contributed by atoms with Crippen LogP contribution in [0.15, 0.2) is 0 Å². The lowest BCUT2D eigenvalue weighted by Gasteiger charge is -2.47. The van der Waals surface area contributed by atoms with Crippen molar-refractivity contribution in [2.75, 3.05) is 13.2 Å². The van der Waals surface area contributed by atoms with Crippen molar-refractivity contribution in [3.63, 3.8) is 0 Å². The number of piperidine rings is 2. The highest BCUT2D eigenvalue weighted by Crippen LogP contribution is 2.47. The molecule has 5 rings (SSSR count). The summed E-state index contributed by atoms with van der Waals surface area (Å²) < 4.78 is 23.9. The first-order valence-corrected chi connectivity index (χ1v) is 16.7. The molecule has 5 fully saturated rings. The molecule has 4 atom stereocenters. The van der Waals surface area contributed by atoms with E-state index in [9.17, 15) is 9.59 Å². The van der Waals surface area contributed by atoms with Crippen molar-refractivity contribution in [1.29, 1.82) is 0 Å². The number of esters is 2. The van der Waals surface area contributed by atoms with Crippen LogP contribution in [0.2, 0.25) is 0 Å². The number of ether oxygens (including phenoxy) is 4. The van der Waals surface area contributed by atoms with E-state index in [0.29, 0.717) is 36.9 Å². The van der Waals surface area contributed by atoms with Gasteiger partial charge in [0.2, 0.25) is 0 Å². The number of carbonyl (C=O) groups excluding carboxylic acids is 2. The van der Waals surface area contributed by atoms with E-state index < -0.39 is 12.3 Å². The molecule has 42 heavy (non-hydrogen) atoms. The molecule has 3 heterocycles. The number of hydrogen-bond acceptors (Lipinski definition) is 8. The Kier molecular flexibility index (Phi) is 9.15. The fourth-order valence-electron chi connectivity index (χ4n) is 9.60. The van der Waals surface area contributed by atoms with Gasteiger partial charge in [-0.1, -0.05) is 0 Å². The van der Waals surface area contributed by atoms with Gasteiger partial charge < -0.3 is 29.6 Å². The zero-order valence-electron chi connectivity index (χ0n) is 27.6. The third-order valence-electron chi connectivity index (χ3n) is 10.6. The van der Waals surface area contributed by atoms with Crippen LogP contribution in [0, 0.1) is 29.6 Å². The van der Waals surface area contributed by atoms with Crippen LogP contribution in [0.25, 0.3) is 0 Å². The van der Waals surface area contributed by atoms with E-state index in [1.54, 1.807) is 0 Å². The van der Waals surface area contributed by atoms with Gasteiger partial charge in [-0.2, -0.15) is 0 Å². The lowest BCUT2D eigenvalue weighted by Crippen LogP contribution is -2.60. The van der Waals surface area contributed by atoms with Gasteiger partial charge in [-0.25, -0.2) is 4.79 Å².